The third-order valence-corrected chi connectivity index (χ3v) is 5.31. The molecule has 0 bridgehead atoms. The molecule has 4 nitrogen and oxygen atoms in total. The molecule has 134 valence electrons. The van der Waals surface area contributed by atoms with Gasteiger partial charge in [-0.2, -0.15) is 0 Å². The third-order valence-electron chi connectivity index (χ3n) is 5.05. The van der Waals surface area contributed by atoms with Crippen LogP contribution >= 0.6 is 11.6 Å². The minimum absolute atomic E-state index is 0.126. The number of nitrogens with zero attached hydrogens (tertiary/aromatic N) is 3. The van der Waals surface area contributed by atoms with Crippen LogP contribution < -0.4 is 0 Å². The monoisotopic (exact) mass is 379 g/mol. The third kappa shape index (κ3) is 2.53. The maximum atomic E-state index is 13.9. The Hall–Kier alpha value is -2.79. The fraction of sp³-hybridized carbons (Fsp3) is 0.190. The molecule has 0 N–H and O–H groups in total. The summed E-state index contributed by atoms with van der Waals surface area (Å²) in [6.45, 7) is 1.28. The summed E-state index contributed by atoms with van der Waals surface area (Å²) in [5.74, 6) is 0.137. The van der Waals surface area contributed by atoms with Crippen molar-refractivity contribution in [2.24, 2.45) is 4.99 Å². The molecular weight excluding hydrogens is 365 g/mol. The lowest BCUT2D eigenvalue weighted by Crippen LogP contribution is -2.30. The van der Waals surface area contributed by atoms with E-state index in [1.54, 1.807) is 23.1 Å². The highest BCUT2D eigenvalue weighted by molar-refractivity contribution is 6.31. The second-order valence-electron chi connectivity index (χ2n) is 6.75. The molecule has 2 aliphatic rings. The highest BCUT2D eigenvalue weighted by Crippen LogP contribution is 2.37. The molecule has 5 rings (SSSR count). The Balaban J connectivity index is 1.88. The first-order valence-corrected chi connectivity index (χ1v) is 9.27. The number of carbonyl (C=O) groups is 1. The Kier molecular flexibility index (Phi) is 3.72. The van der Waals surface area contributed by atoms with Crippen molar-refractivity contribution in [1.29, 1.82) is 0 Å². The molecule has 1 aromatic heterocycles. The normalized spacial score (nSPS) is 16.1. The number of aromatic nitrogens is 1. The first-order chi connectivity index (χ1) is 13.1. The number of carbonyl (C=O) groups excluding carboxylic acids is 1. The predicted octanol–water partition coefficient (Wildman–Crippen LogP) is 4.69. The van der Waals surface area contributed by atoms with Crippen LogP contribution in [-0.4, -0.2) is 34.7 Å². The van der Waals surface area contributed by atoms with Crippen LogP contribution in [-0.2, 0) is 0 Å². The lowest BCUT2D eigenvalue weighted by Gasteiger charge is -2.14. The summed E-state index contributed by atoms with van der Waals surface area (Å²) in [6.07, 6.45) is 1.83. The van der Waals surface area contributed by atoms with E-state index in [9.17, 15) is 9.18 Å². The van der Waals surface area contributed by atoms with Gasteiger partial charge in [0.1, 0.15) is 11.7 Å². The summed E-state index contributed by atoms with van der Waals surface area (Å²) in [7, 11) is 0. The number of halogens is 2. The predicted molar refractivity (Wildman–Crippen MR) is 104 cm³/mol. The highest BCUT2D eigenvalue weighted by atomic mass is 35.5. The van der Waals surface area contributed by atoms with E-state index in [0.717, 1.165) is 18.4 Å². The van der Waals surface area contributed by atoms with Crippen LogP contribution in [0.5, 0.6) is 0 Å². The van der Waals surface area contributed by atoms with Gasteiger partial charge in [0, 0.05) is 29.1 Å². The van der Waals surface area contributed by atoms with E-state index in [2.05, 4.69) is 4.99 Å². The van der Waals surface area contributed by atoms with E-state index >= 15 is 0 Å². The first-order valence-electron chi connectivity index (χ1n) is 8.89. The molecule has 0 saturated carbocycles. The summed E-state index contributed by atoms with van der Waals surface area (Å²) >= 11 is 6.04. The Bertz CT molecular complexity index is 1120. The van der Waals surface area contributed by atoms with Gasteiger partial charge in [0.25, 0.3) is 5.91 Å². The van der Waals surface area contributed by atoms with Crippen molar-refractivity contribution in [2.45, 2.75) is 12.8 Å². The number of amidine groups is 1. The lowest BCUT2D eigenvalue weighted by atomic mass is 9.98. The minimum Gasteiger partial charge on any atom is -0.292 e. The molecule has 0 fully saturated rings. The van der Waals surface area contributed by atoms with Crippen molar-refractivity contribution in [1.82, 2.24) is 9.88 Å². The summed E-state index contributed by atoms with van der Waals surface area (Å²) in [4.78, 5) is 24.4. The smallest absolute Gasteiger partial charge is 0.260 e. The average Bonchev–Trinajstić information content (AvgIpc) is 2.83. The summed E-state index contributed by atoms with van der Waals surface area (Å²) in [5.41, 5.74) is 3.31. The van der Waals surface area contributed by atoms with Gasteiger partial charge in [0.05, 0.1) is 22.3 Å². The molecule has 0 radical (unpaired) electrons. The van der Waals surface area contributed by atoms with Crippen molar-refractivity contribution in [3.8, 4) is 11.3 Å². The number of aliphatic imine (C=N–C) groups is 1. The number of hydrogen-bond acceptors (Lipinski definition) is 3. The second-order valence-corrected chi connectivity index (χ2v) is 7.18. The topological polar surface area (TPSA) is 45.6 Å². The number of fused-ring (bicyclic) bond motifs is 5. The zero-order valence-electron chi connectivity index (χ0n) is 14.4. The molecule has 0 saturated heterocycles. The van der Waals surface area contributed by atoms with Gasteiger partial charge < -0.3 is 0 Å². The van der Waals surface area contributed by atoms with Crippen molar-refractivity contribution in [3.05, 3.63) is 64.4 Å². The highest BCUT2D eigenvalue weighted by Gasteiger charge is 2.38. The van der Waals surface area contributed by atoms with Crippen molar-refractivity contribution < 1.29 is 9.18 Å². The van der Waals surface area contributed by atoms with Gasteiger partial charge in [0.2, 0.25) is 0 Å². The van der Waals surface area contributed by atoms with Crippen LogP contribution in [0, 0.1) is 5.82 Å². The van der Waals surface area contributed by atoms with Crippen LogP contribution in [0.4, 0.5) is 4.39 Å². The zero-order chi connectivity index (χ0) is 18.5. The van der Waals surface area contributed by atoms with Gasteiger partial charge in [0.15, 0.2) is 0 Å². The molecule has 0 aliphatic carbocycles. The van der Waals surface area contributed by atoms with Crippen molar-refractivity contribution in [3.63, 3.8) is 0 Å². The van der Waals surface area contributed by atoms with Crippen LogP contribution in [0.25, 0.3) is 22.2 Å². The van der Waals surface area contributed by atoms with Gasteiger partial charge in [-0.05, 0) is 43.2 Å². The van der Waals surface area contributed by atoms with E-state index in [0.29, 0.717) is 51.7 Å². The van der Waals surface area contributed by atoms with Gasteiger partial charge in [-0.1, -0.05) is 23.7 Å². The molecular formula is C21H15ClFN3O. The van der Waals surface area contributed by atoms with Gasteiger partial charge >= 0.3 is 0 Å². The largest absolute Gasteiger partial charge is 0.292 e. The fourth-order valence-corrected chi connectivity index (χ4v) is 3.92. The molecule has 1 amide bonds. The summed E-state index contributed by atoms with van der Waals surface area (Å²) in [6, 6.07) is 11.7. The Morgan fingerprint density at radius 1 is 1.04 bits per heavy atom. The summed E-state index contributed by atoms with van der Waals surface area (Å²) < 4.78 is 13.9. The maximum absolute atomic E-state index is 13.9. The van der Waals surface area contributed by atoms with Crippen molar-refractivity contribution in [2.75, 3.05) is 13.1 Å². The zero-order valence-corrected chi connectivity index (χ0v) is 15.1. The van der Waals surface area contributed by atoms with E-state index in [1.165, 1.54) is 12.1 Å². The van der Waals surface area contributed by atoms with Crippen molar-refractivity contribution >= 4 is 34.2 Å². The van der Waals surface area contributed by atoms with Crippen LogP contribution in [0.2, 0.25) is 5.02 Å². The SMILES string of the molecule is O=C1c2c(c(-c3ccc(Cl)cc3)nc3ccc(F)cc23)C2=NCCCCN12. The Labute approximate surface area is 160 Å². The fourth-order valence-electron chi connectivity index (χ4n) is 3.80. The van der Waals surface area contributed by atoms with E-state index in [4.69, 9.17) is 16.6 Å². The second kappa shape index (κ2) is 6.13. The molecule has 0 unspecified atom stereocenters. The number of pyridine rings is 1. The first kappa shape index (κ1) is 16.4. The van der Waals surface area contributed by atoms with Crippen LogP contribution in [0.3, 0.4) is 0 Å². The number of amides is 1. The number of rotatable bonds is 1. The molecule has 2 aromatic carbocycles. The number of benzene rings is 2. The van der Waals surface area contributed by atoms with Gasteiger partial charge in [-0.25, -0.2) is 9.37 Å². The Morgan fingerprint density at radius 3 is 2.67 bits per heavy atom. The number of hydrogen-bond donors (Lipinski definition) is 0. The standard InChI is InChI=1S/C21H15ClFN3O/c22-13-5-3-12(4-6-13)19-18-17(15-11-14(23)7-8-16(15)25-19)21(27)26-10-2-1-9-24-20(18)26/h3-8,11H,1-2,9-10H2. The van der Waals surface area contributed by atoms with Crippen LogP contribution in [0.1, 0.15) is 28.8 Å². The molecule has 2 aliphatic heterocycles. The van der Waals surface area contributed by atoms with Gasteiger partial charge in [-0.15, -0.1) is 0 Å². The lowest BCUT2D eigenvalue weighted by molar-refractivity contribution is 0.0862. The van der Waals surface area contributed by atoms with E-state index < -0.39 is 0 Å². The quantitative estimate of drug-likeness (QED) is 0.615. The minimum atomic E-state index is -0.387. The molecule has 3 aromatic rings. The van der Waals surface area contributed by atoms with Crippen LogP contribution in [0.15, 0.2) is 47.5 Å². The molecule has 3 heterocycles. The maximum Gasteiger partial charge on any atom is 0.260 e. The average molecular weight is 380 g/mol. The molecule has 0 spiro atoms. The molecule has 27 heavy (non-hydrogen) atoms. The van der Waals surface area contributed by atoms with E-state index in [-0.39, 0.29) is 11.7 Å². The summed E-state index contributed by atoms with van der Waals surface area (Å²) in [5, 5.41) is 1.16. The van der Waals surface area contributed by atoms with E-state index in [1.807, 2.05) is 12.1 Å². The molecule has 0 atom stereocenters. The Morgan fingerprint density at radius 2 is 1.85 bits per heavy atom. The molecule has 6 heteroatoms. The van der Waals surface area contributed by atoms with Gasteiger partial charge in [-0.3, -0.25) is 14.7 Å².